The Kier molecular flexibility index (Phi) is 2.94. The van der Waals surface area contributed by atoms with Crippen molar-refractivity contribution in [2.24, 2.45) is 0 Å². The molecule has 0 unspecified atom stereocenters. The fourth-order valence-electron chi connectivity index (χ4n) is 1.35. The van der Waals surface area contributed by atoms with Gasteiger partial charge in [0, 0.05) is 18.7 Å². The van der Waals surface area contributed by atoms with Crippen LogP contribution in [0.15, 0.2) is 24.3 Å². The number of nitrogens with one attached hydrogen (secondary N) is 1. The molecule has 1 N–H and O–H groups in total. The van der Waals surface area contributed by atoms with Crippen LogP contribution in [0.2, 0.25) is 0 Å². The number of hydrogen-bond donors (Lipinski definition) is 1. The second-order valence-corrected chi connectivity index (χ2v) is 3.54. The van der Waals surface area contributed by atoms with E-state index in [0.717, 1.165) is 25.3 Å². The van der Waals surface area contributed by atoms with Crippen molar-refractivity contribution in [2.75, 3.05) is 13.2 Å². The monoisotopic (exact) mass is 208 g/mol. The molecule has 0 atom stereocenters. The number of rotatable bonds is 4. The zero-order valence-electron chi connectivity index (χ0n) is 8.18. The molecule has 80 valence electrons. The number of nitro benzene ring substituents is 1. The molecule has 1 aliphatic rings. The second-order valence-electron chi connectivity index (χ2n) is 3.54. The summed E-state index contributed by atoms with van der Waals surface area (Å²) in [5, 5.41) is 13.7. The maximum atomic E-state index is 10.4. The van der Waals surface area contributed by atoms with Crippen molar-refractivity contribution in [1.29, 1.82) is 0 Å². The van der Waals surface area contributed by atoms with Gasteiger partial charge in [-0.1, -0.05) is 12.1 Å². The predicted octanol–water partition coefficient (Wildman–Crippen LogP) is 1.08. The molecule has 2 rings (SSSR count). The van der Waals surface area contributed by atoms with Gasteiger partial charge in [-0.25, -0.2) is 0 Å². The molecule has 0 aromatic heterocycles. The van der Waals surface area contributed by atoms with Gasteiger partial charge in [-0.2, -0.15) is 0 Å². The van der Waals surface area contributed by atoms with Gasteiger partial charge in [-0.05, 0) is 5.56 Å². The molecule has 0 spiro atoms. The van der Waals surface area contributed by atoms with Gasteiger partial charge in [0.25, 0.3) is 5.69 Å². The predicted molar refractivity (Wildman–Crippen MR) is 54.5 cm³/mol. The molecule has 1 aliphatic heterocycles. The summed E-state index contributed by atoms with van der Waals surface area (Å²) < 4.78 is 5.02. The summed E-state index contributed by atoms with van der Waals surface area (Å²) in [7, 11) is 0. The molecule has 15 heavy (non-hydrogen) atoms. The topological polar surface area (TPSA) is 64.4 Å². The van der Waals surface area contributed by atoms with E-state index >= 15 is 0 Å². The highest BCUT2D eigenvalue weighted by molar-refractivity contribution is 5.32. The van der Waals surface area contributed by atoms with E-state index < -0.39 is 4.92 Å². The first-order valence-electron chi connectivity index (χ1n) is 4.80. The molecule has 0 amide bonds. The molecule has 0 aliphatic carbocycles. The summed E-state index contributed by atoms with van der Waals surface area (Å²) in [4.78, 5) is 10.0. The first-order chi connectivity index (χ1) is 7.25. The van der Waals surface area contributed by atoms with Crippen LogP contribution in [0, 0.1) is 10.1 Å². The minimum absolute atomic E-state index is 0.130. The van der Waals surface area contributed by atoms with Crippen molar-refractivity contribution >= 4 is 5.69 Å². The fourth-order valence-corrected chi connectivity index (χ4v) is 1.35. The summed E-state index contributed by atoms with van der Waals surface area (Å²) in [6.07, 6.45) is 0. The standard InChI is InChI=1S/C10H12N2O3/c13-12(14)10-3-1-8(2-4-10)5-11-9-6-15-7-9/h1-4,9,11H,5-7H2. The van der Waals surface area contributed by atoms with Crippen molar-refractivity contribution in [2.45, 2.75) is 12.6 Å². The Morgan fingerprint density at radius 2 is 2.07 bits per heavy atom. The van der Waals surface area contributed by atoms with Gasteiger partial charge < -0.3 is 10.1 Å². The van der Waals surface area contributed by atoms with E-state index in [9.17, 15) is 10.1 Å². The summed E-state index contributed by atoms with van der Waals surface area (Å²) in [5.41, 5.74) is 1.18. The van der Waals surface area contributed by atoms with Crippen LogP contribution in [0.4, 0.5) is 5.69 Å². The molecular formula is C10H12N2O3. The van der Waals surface area contributed by atoms with E-state index in [1.165, 1.54) is 12.1 Å². The largest absolute Gasteiger partial charge is 0.378 e. The fraction of sp³-hybridized carbons (Fsp3) is 0.400. The summed E-state index contributed by atoms with van der Waals surface area (Å²) in [6, 6.07) is 7.01. The van der Waals surface area contributed by atoms with Crippen LogP contribution in [0.3, 0.4) is 0 Å². The highest BCUT2D eigenvalue weighted by atomic mass is 16.6. The number of hydrogen-bond acceptors (Lipinski definition) is 4. The van der Waals surface area contributed by atoms with E-state index in [0.29, 0.717) is 6.04 Å². The van der Waals surface area contributed by atoms with Gasteiger partial charge in [0.05, 0.1) is 24.2 Å². The average Bonchev–Trinajstić information content (AvgIpc) is 2.16. The Labute approximate surface area is 87.2 Å². The van der Waals surface area contributed by atoms with Crippen LogP contribution in [-0.2, 0) is 11.3 Å². The lowest BCUT2D eigenvalue weighted by molar-refractivity contribution is -0.384. The van der Waals surface area contributed by atoms with Crippen LogP contribution in [-0.4, -0.2) is 24.2 Å². The lowest BCUT2D eigenvalue weighted by atomic mass is 10.2. The third-order valence-electron chi connectivity index (χ3n) is 2.38. The van der Waals surface area contributed by atoms with Gasteiger partial charge in [-0.3, -0.25) is 10.1 Å². The molecule has 0 radical (unpaired) electrons. The second kappa shape index (κ2) is 4.37. The first-order valence-corrected chi connectivity index (χ1v) is 4.80. The normalized spacial score (nSPS) is 16.0. The van der Waals surface area contributed by atoms with Gasteiger partial charge >= 0.3 is 0 Å². The summed E-state index contributed by atoms with van der Waals surface area (Å²) in [6.45, 7) is 2.24. The molecule has 0 bridgehead atoms. The number of non-ortho nitro benzene ring substituents is 1. The third kappa shape index (κ3) is 2.51. The minimum Gasteiger partial charge on any atom is -0.378 e. The Balaban J connectivity index is 1.88. The molecule has 5 nitrogen and oxygen atoms in total. The summed E-state index contributed by atoms with van der Waals surface area (Å²) in [5.74, 6) is 0. The number of ether oxygens (including phenoxy) is 1. The highest BCUT2D eigenvalue weighted by Crippen LogP contribution is 2.12. The molecular weight excluding hydrogens is 196 g/mol. The average molecular weight is 208 g/mol. The summed E-state index contributed by atoms with van der Waals surface area (Å²) >= 11 is 0. The zero-order valence-corrected chi connectivity index (χ0v) is 8.18. The van der Waals surface area contributed by atoms with Crippen LogP contribution >= 0.6 is 0 Å². The Hall–Kier alpha value is -1.46. The smallest absolute Gasteiger partial charge is 0.269 e. The third-order valence-corrected chi connectivity index (χ3v) is 2.38. The number of benzene rings is 1. The number of nitrogens with zero attached hydrogens (tertiary/aromatic N) is 1. The van der Waals surface area contributed by atoms with E-state index in [4.69, 9.17) is 4.74 Å². The molecule has 0 saturated carbocycles. The lowest BCUT2D eigenvalue weighted by Gasteiger charge is -2.26. The Morgan fingerprint density at radius 1 is 1.40 bits per heavy atom. The van der Waals surface area contributed by atoms with Crippen LogP contribution in [0.5, 0.6) is 0 Å². The first kappa shape index (κ1) is 10.1. The Bertz CT molecular complexity index is 346. The van der Waals surface area contributed by atoms with Crippen molar-refractivity contribution in [3.8, 4) is 0 Å². The van der Waals surface area contributed by atoms with Crippen molar-refractivity contribution in [1.82, 2.24) is 5.32 Å². The molecule has 1 saturated heterocycles. The maximum absolute atomic E-state index is 10.4. The SMILES string of the molecule is O=[N+]([O-])c1ccc(CNC2COC2)cc1. The van der Waals surface area contributed by atoms with Crippen molar-refractivity contribution in [3.63, 3.8) is 0 Å². The quantitative estimate of drug-likeness (QED) is 0.594. The maximum Gasteiger partial charge on any atom is 0.269 e. The molecule has 1 fully saturated rings. The van der Waals surface area contributed by atoms with Crippen LogP contribution in [0.1, 0.15) is 5.56 Å². The highest BCUT2D eigenvalue weighted by Gasteiger charge is 2.16. The van der Waals surface area contributed by atoms with Crippen LogP contribution in [0.25, 0.3) is 0 Å². The van der Waals surface area contributed by atoms with E-state index in [-0.39, 0.29) is 5.69 Å². The Morgan fingerprint density at radius 3 is 2.53 bits per heavy atom. The lowest BCUT2D eigenvalue weighted by Crippen LogP contribution is -2.45. The van der Waals surface area contributed by atoms with Crippen LogP contribution < -0.4 is 5.32 Å². The van der Waals surface area contributed by atoms with Gasteiger partial charge in [0.1, 0.15) is 0 Å². The molecule has 1 heterocycles. The molecule has 1 aromatic rings. The molecule has 1 aromatic carbocycles. The zero-order chi connectivity index (χ0) is 10.7. The van der Waals surface area contributed by atoms with Crippen molar-refractivity contribution < 1.29 is 9.66 Å². The van der Waals surface area contributed by atoms with E-state index in [1.807, 2.05) is 0 Å². The van der Waals surface area contributed by atoms with Gasteiger partial charge in [0.15, 0.2) is 0 Å². The van der Waals surface area contributed by atoms with E-state index in [2.05, 4.69) is 5.32 Å². The van der Waals surface area contributed by atoms with E-state index in [1.54, 1.807) is 12.1 Å². The van der Waals surface area contributed by atoms with Crippen molar-refractivity contribution in [3.05, 3.63) is 39.9 Å². The minimum atomic E-state index is -0.392. The van der Waals surface area contributed by atoms with Gasteiger partial charge in [-0.15, -0.1) is 0 Å². The van der Waals surface area contributed by atoms with Gasteiger partial charge in [0.2, 0.25) is 0 Å². The molecule has 5 heteroatoms. The number of nitro groups is 1.